The zero-order chi connectivity index (χ0) is 17.5. The SMILES string of the molecule is CCSc1nc(NC(C)C)c2cnn(CCNC(=O)CCBr)c2n1. The average molecular weight is 415 g/mol. The molecule has 0 aliphatic heterocycles. The van der Waals surface area contributed by atoms with Crippen molar-refractivity contribution in [3.63, 3.8) is 0 Å². The maximum atomic E-state index is 11.5. The van der Waals surface area contributed by atoms with Crippen LogP contribution in [0.3, 0.4) is 0 Å². The Bertz CT molecular complexity index is 690. The molecule has 2 aromatic rings. The largest absolute Gasteiger partial charge is 0.367 e. The van der Waals surface area contributed by atoms with Gasteiger partial charge >= 0.3 is 0 Å². The summed E-state index contributed by atoms with van der Waals surface area (Å²) in [5.41, 5.74) is 0.791. The Morgan fingerprint density at radius 3 is 2.88 bits per heavy atom. The highest BCUT2D eigenvalue weighted by Crippen LogP contribution is 2.24. The normalized spacial score (nSPS) is 11.2. The number of thioether (sulfide) groups is 1. The first kappa shape index (κ1) is 19.0. The summed E-state index contributed by atoms with van der Waals surface area (Å²) in [6.45, 7) is 7.32. The highest BCUT2D eigenvalue weighted by Gasteiger charge is 2.14. The third-order valence-corrected chi connectivity index (χ3v) is 4.27. The van der Waals surface area contributed by atoms with Crippen molar-refractivity contribution in [3.05, 3.63) is 6.20 Å². The first-order valence-electron chi connectivity index (χ1n) is 8.00. The van der Waals surface area contributed by atoms with Crippen molar-refractivity contribution in [2.24, 2.45) is 0 Å². The van der Waals surface area contributed by atoms with Gasteiger partial charge in [0, 0.05) is 24.3 Å². The van der Waals surface area contributed by atoms with Crippen LogP contribution in [0.2, 0.25) is 0 Å². The molecular formula is C15H23BrN6OS. The van der Waals surface area contributed by atoms with Gasteiger partial charge in [0.05, 0.1) is 18.1 Å². The minimum absolute atomic E-state index is 0.0300. The number of halogens is 1. The molecule has 0 spiro atoms. The molecule has 0 aliphatic rings. The van der Waals surface area contributed by atoms with E-state index in [1.165, 1.54) is 0 Å². The molecule has 0 aliphatic carbocycles. The van der Waals surface area contributed by atoms with E-state index < -0.39 is 0 Å². The third kappa shape index (κ3) is 5.07. The molecule has 0 saturated heterocycles. The Hall–Kier alpha value is -1.35. The fourth-order valence-electron chi connectivity index (χ4n) is 2.15. The maximum Gasteiger partial charge on any atom is 0.220 e. The lowest BCUT2D eigenvalue weighted by Crippen LogP contribution is -2.27. The molecule has 2 heterocycles. The summed E-state index contributed by atoms with van der Waals surface area (Å²) in [6, 6.07) is 0.273. The Labute approximate surface area is 154 Å². The minimum Gasteiger partial charge on any atom is -0.367 e. The topological polar surface area (TPSA) is 84.7 Å². The number of carbonyl (C=O) groups is 1. The number of carbonyl (C=O) groups excluding carboxylic acids is 1. The van der Waals surface area contributed by atoms with Gasteiger partial charge in [0.15, 0.2) is 10.8 Å². The van der Waals surface area contributed by atoms with E-state index in [-0.39, 0.29) is 11.9 Å². The van der Waals surface area contributed by atoms with Crippen LogP contribution in [0.25, 0.3) is 11.0 Å². The van der Waals surface area contributed by atoms with Gasteiger partial charge in [-0.05, 0) is 19.6 Å². The first-order valence-corrected chi connectivity index (χ1v) is 10.1. The Morgan fingerprint density at radius 1 is 1.42 bits per heavy atom. The van der Waals surface area contributed by atoms with Crippen molar-refractivity contribution in [1.82, 2.24) is 25.1 Å². The van der Waals surface area contributed by atoms with E-state index in [0.29, 0.717) is 24.8 Å². The number of aromatic nitrogens is 4. The smallest absolute Gasteiger partial charge is 0.220 e. The highest BCUT2D eigenvalue weighted by molar-refractivity contribution is 9.09. The Balaban J connectivity index is 2.21. The molecule has 0 fully saturated rings. The summed E-state index contributed by atoms with van der Waals surface area (Å²) >= 11 is 4.86. The van der Waals surface area contributed by atoms with Gasteiger partial charge in [-0.15, -0.1) is 0 Å². The number of anilines is 1. The van der Waals surface area contributed by atoms with Crippen LogP contribution in [0.15, 0.2) is 11.4 Å². The molecule has 7 nitrogen and oxygen atoms in total. The number of nitrogens with one attached hydrogen (secondary N) is 2. The lowest BCUT2D eigenvalue weighted by molar-refractivity contribution is -0.120. The fraction of sp³-hybridized carbons (Fsp3) is 0.600. The summed E-state index contributed by atoms with van der Waals surface area (Å²) in [7, 11) is 0. The van der Waals surface area contributed by atoms with Gasteiger partial charge in [-0.2, -0.15) is 5.10 Å². The van der Waals surface area contributed by atoms with Crippen LogP contribution in [0.4, 0.5) is 5.82 Å². The van der Waals surface area contributed by atoms with Crippen molar-refractivity contribution < 1.29 is 4.79 Å². The quantitative estimate of drug-likeness (QED) is 0.372. The lowest BCUT2D eigenvalue weighted by Gasteiger charge is -2.11. The Kier molecular flexibility index (Phi) is 7.29. The minimum atomic E-state index is 0.0300. The zero-order valence-corrected chi connectivity index (χ0v) is 16.6. The summed E-state index contributed by atoms with van der Waals surface area (Å²) in [5.74, 6) is 1.74. The molecule has 0 bridgehead atoms. The van der Waals surface area contributed by atoms with Crippen molar-refractivity contribution in [2.45, 2.75) is 44.9 Å². The highest BCUT2D eigenvalue weighted by atomic mass is 79.9. The van der Waals surface area contributed by atoms with Gasteiger partial charge in [0.25, 0.3) is 0 Å². The number of nitrogens with zero attached hydrogens (tertiary/aromatic N) is 4. The van der Waals surface area contributed by atoms with Crippen LogP contribution in [0.1, 0.15) is 27.2 Å². The predicted molar refractivity (Wildman–Crippen MR) is 102 cm³/mol. The lowest BCUT2D eigenvalue weighted by atomic mass is 10.3. The second kappa shape index (κ2) is 9.22. The zero-order valence-electron chi connectivity index (χ0n) is 14.2. The summed E-state index contributed by atoms with van der Waals surface area (Å²) < 4.78 is 1.82. The van der Waals surface area contributed by atoms with E-state index in [4.69, 9.17) is 0 Å². The van der Waals surface area contributed by atoms with Crippen LogP contribution >= 0.6 is 27.7 Å². The van der Waals surface area contributed by atoms with Gasteiger partial charge in [0.1, 0.15) is 5.82 Å². The van der Waals surface area contributed by atoms with Gasteiger partial charge in [-0.25, -0.2) is 14.6 Å². The van der Waals surface area contributed by atoms with E-state index in [1.807, 2.05) is 4.68 Å². The number of fused-ring (bicyclic) bond motifs is 1. The van der Waals surface area contributed by atoms with Gasteiger partial charge in [-0.3, -0.25) is 4.79 Å². The van der Waals surface area contributed by atoms with Crippen LogP contribution in [-0.4, -0.2) is 49.3 Å². The monoisotopic (exact) mass is 414 g/mol. The van der Waals surface area contributed by atoms with E-state index >= 15 is 0 Å². The summed E-state index contributed by atoms with van der Waals surface area (Å²) in [4.78, 5) is 20.7. The number of rotatable bonds is 9. The standard InChI is InChI=1S/C15H23BrN6OS/c1-4-24-15-20-13(19-10(2)3)11-9-18-22(14(11)21-15)8-7-17-12(23)5-6-16/h9-10H,4-8H2,1-3H3,(H,17,23)(H,19,20,21). The molecule has 2 N–H and O–H groups in total. The predicted octanol–water partition coefficient (Wildman–Crippen LogP) is 2.66. The second-order valence-corrected chi connectivity index (χ2v) is 7.50. The molecule has 9 heteroatoms. The van der Waals surface area contributed by atoms with Crippen molar-refractivity contribution in [2.75, 3.05) is 22.9 Å². The summed E-state index contributed by atoms with van der Waals surface area (Å²) in [6.07, 6.45) is 2.25. The van der Waals surface area contributed by atoms with E-state index in [0.717, 1.165) is 27.8 Å². The van der Waals surface area contributed by atoms with Crippen molar-refractivity contribution >= 4 is 50.5 Å². The maximum absolute atomic E-state index is 11.5. The molecule has 0 saturated carbocycles. The molecule has 24 heavy (non-hydrogen) atoms. The van der Waals surface area contributed by atoms with E-state index in [2.05, 4.69) is 62.4 Å². The first-order chi connectivity index (χ1) is 11.5. The van der Waals surface area contributed by atoms with E-state index in [9.17, 15) is 4.79 Å². The number of alkyl halides is 1. The van der Waals surface area contributed by atoms with E-state index in [1.54, 1.807) is 18.0 Å². The molecule has 132 valence electrons. The molecule has 0 atom stereocenters. The van der Waals surface area contributed by atoms with Gasteiger partial charge in [-0.1, -0.05) is 34.6 Å². The van der Waals surface area contributed by atoms with Crippen molar-refractivity contribution in [3.8, 4) is 0 Å². The Morgan fingerprint density at radius 2 is 2.21 bits per heavy atom. The molecule has 0 unspecified atom stereocenters. The van der Waals surface area contributed by atoms with Crippen LogP contribution in [-0.2, 0) is 11.3 Å². The number of hydrogen-bond acceptors (Lipinski definition) is 6. The van der Waals surface area contributed by atoms with Crippen LogP contribution < -0.4 is 10.6 Å². The molecule has 1 amide bonds. The molecule has 0 radical (unpaired) electrons. The average Bonchev–Trinajstić information content (AvgIpc) is 2.91. The second-order valence-electron chi connectivity index (χ2n) is 5.48. The molecule has 0 aromatic carbocycles. The van der Waals surface area contributed by atoms with Crippen LogP contribution in [0, 0.1) is 0 Å². The number of amides is 1. The fourth-order valence-corrected chi connectivity index (χ4v) is 3.08. The third-order valence-electron chi connectivity index (χ3n) is 3.14. The molecule has 2 aromatic heterocycles. The number of hydrogen-bond donors (Lipinski definition) is 2. The van der Waals surface area contributed by atoms with Gasteiger partial charge in [0.2, 0.25) is 5.91 Å². The molecule has 2 rings (SSSR count). The summed E-state index contributed by atoms with van der Waals surface area (Å²) in [5, 5.41) is 12.9. The van der Waals surface area contributed by atoms with Crippen molar-refractivity contribution in [1.29, 1.82) is 0 Å². The van der Waals surface area contributed by atoms with Gasteiger partial charge < -0.3 is 10.6 Å². The van der Waals surface area contributed by atoms with Crippen LogP contribution in [0.5, 0.6) is 0 Å². The molecular weight excluding hydrogens is 392 g/mol.